The van der Waals surface area contributed by atoms with Crippen LogP contribution in [0.3, 0.4) is 0 Å². The third-order valence-electron chi connectivity index (χ3n) is 3.52. The van der Waals surface area contributed by atoms with Crippen molar-refractivity contribution in [2.45, 2.75) is 6.42 Å². The Kier molecular flexibility index (Phi) is 4.32. The lowest BCUT2D eigenvalue weighted by molar-refractivity contribution is 0.0948. The van der Waals surface area contributed by atoms with Crippen molar-refractivity contribution in [1.29, 1.82) is 0 Å². The summed E-state index contributed by atoms with van der Waals surface area (Å²) in [6.07, 6.45) is 0.641. The van der Waals surface area contributed by atoms with E-state index in [1.54, 1.807) is 12.1 Å². The van der Waals surface area contributed by atoms with E-state index in [0.29, 0.717) is 18.5 Å². The summed E-state index contributed by atoms with van der Waals surface area (Å²) in [5, 5.41) is 2.81. The summed E-state index contributed by atoms with van der Waals surface area (Å²) in [4.78, 5) is 13.9. The van der Waals surface area contributed by atoms with Crippen LogP contribution in [0.4, 0.5) is 5.69 Å². The van der Waals surface area contributed by atoms with Crippen molar-refractivity contribution in [1.82, 2.24) is 5.32 Å². The second kappa shape index (κ2) is 5.83. The molecule has 0 saturated carbocycles. The maximum Gasteiger partial charge on any atom is 0.251 e. The van der Waals surface area contributed by atoms with Crippen molar-refractivity contribution in [3.05, 3.63) is 29.8 Å². The van der Waals surface area contributed by atoms with E-state index in [4.69, 9.17) is 0 Å². The van der Waals surface area contributed by atoms with Crippen LogP contribution in [0.2, 0.25) is 0 Å². The van der Waals surface area contributed by atoms with Gasteiger partial charge in [0.1, 0.15) is 0 Å². The Morgan fingerprint density at radius 3 is 2.45 bits per heavy atom. The van der Waals surface area contributed by atoms with E-state index in [-0.39, 0.29) is 23.3 Å². The number of carbonyl (C=O) groups is 1. The van der Waals surface area contributed by atoms with Gasteiger partial charge in [-0.3, -0.25) is 4.79 Å². The number of nitrogens with zero attached hydrogens (tertiary/aromatic N) is 1. The van der Waals surface area contributed by atoms with Gasteiger partial charge >= 0.3 is 0 Å². The molecule has 1 fully saturated rings. The fraction of sp³-hybridized carbons (Fsp3) is 0.500. The average molecular weight is 296 g/mol. The Morgan fingerprint density at radius 1 is 1.30 bits per heavy atom. The van der Waals surface area contributed by atoms with E-state index in [1.165, 1.54) is 0 Å². The molecule has 0 radical (unpaired) electrons. The van der Waals surface area contributed by atoms with Crippen molar-refractivity contribution in [2.75, 3.05) is 37.0 Å². The third-order valence-corrected chi connectivity index (χ3v) is 5.36. The lowest BCUT2D eigenvalue weighted by Gasteiger charge is -2.13. The first-order chi connectivity index (χ1) is 9.37. The minimum Gasteiger partial charge on any atom is -0.378 e. The second-order valence-electron chi connectivity index (χ2n) is 5.42. The van der Waals surface area contributed by atoms with Crippen LogP contribution in [-0.4, -0.2) is 46.5 Å². The molecule has 1 atom stereocenters. The van der Waals surface area contributed by atoms with Crippen LogP contribution in [0.5, 0.6) is 0 Å². The third kappa shape index (κ3) is 3.72. The average Bonchev–Trinajstić information content (AvgIpc) is 2.75. The second-order valence-corrected chi connectivity index (χ2v) is 7.65. The van der Waals surface area contributed by atoms with Crippen LogP contribution in [0.1, 0.15) is 16.8 Å². The first kappa shape index (κ1) is 14.8. The summed E-state index contributed by atoms with van der Waals surface area (Å²) in [6.45, 7) is 0.424. The van der Waals surface area contributed by atoms with Crippen LogP contribution in [-0.2, 0) is 9.84 Å². The lowest BCUT2D eigenvalue weighted by atomic mass is 10.1. The summed E-state index contributed by atoms with van der Waals surface area (Å²) in [5.41, 5.74) is 1.62. The van der Waals surface area contributed by atoms with Gasteiger partial charge in [0.25, 0.3) is 5.91 Å². The molecule has 110 valence electrons. The standard InChI is InChI=1S/C14H20N2O3S/c1-16(2)13-5-3-12(4-6-13)14(17)15-9-11-7-8-20(18,19)10-11/h3-6,11H,7-10H2,1-2H3,(H,15,17). The minimum absolute atomic E-state index is 0.0463. The van der Waals surface area contributed by atoms with Gasteiger partial charge in [0.05, 0.1) is 11.5 Å². The van der Waals surface area contributed by atoms with Gasteiger partial charge in [0, 0.05) is 31.9 Å². The zero-order valence-corrected chi connectivity index (χ0v) is 12.6. The van der Waals surface area contributed by atoms with Gasteiger partial charge in [-0.2, -0.15) is 0 Å². The van der Waals surface area contributed by atoms with E-state index in [2.05, 4.69) is 5.32 Å². The van der Waals surface area contributed by atoms with Gasteiger partial charge in [0.2, 0.25) is 0 Å². The number of anilines is 1. The fourth-order valence-electron chi connectivity index (χ4n) is 2.28. The number of hydrogen-bond acceptors (Lipinski definition) is 4. The number of sulfone groups is 1. The summed E-state index contributed by atoms with van der Waals surface area (Å²) in [7, 11) is 1.00. The van der Waals surface area contributed by atoms with Crippen LogP contribution in [0.25, 0.3) is 0 Å². The smallest absolute Gasteiger partial charge is 0.251 e. The topological polar surface area (TPSA) is 66.5 Å². The SMILES string of the molecule is CN(C)c1ccc(C(=O)NCC2CCS(=O)(=O)C2)cc1. The molecule has 0 bridgehead atoms. The normalized spacial score (nSPS) is 20.6. The first-order valence-corrected chi connectivity index (χ1v) is 8.45. The summed E-state index contributed by atoms with van der Waals surface area (Å²) in [6, 6.07) is 7.32. The van der Waals surface area contributed by atoms with Crippen LogP contribution >= 0.6 is 0 Å². The highest BCUT2D eigenvalue weighted by atomic mass is 32.2. The van der Waals surface area contributed by atoms with Crippen molar-refractivity contribution in [3.8, 4) is 0 Å². The Morgan fingerprint density at radius 2 is 1.95 bits per heavy atom. The number of carbonyl (C=O) groups excluding carboxylic acids is 1. The number of rotatable bonds is 4. The molecule has 0 aromatic heterocycles. The number of amides is 1. The molecule has 1 aliphatic rings. The summed E-state index contributed by atoms with van der Waals surface area (Å²) in [5.74, 6) is 0.322. The van der Waals surface area contributed by atoms with E-state index in [0.717, 1.165) is 5.69 Å². The van der Waals surface area contributed by atoms with Crippen molar-refractivity contribution in [2.24, 2.45) is 5.92 Å². The quantitative estimate of drug-likeness (QED) is 0.897. The Hall–Kier alpha value is -1.56. The van der Waals surface area contributed by atoms with Gasteiger partial charge in [-0.15, -0.1) is 0 Å². The van der Waals surface area contributed by atoms with Crippen LogP contribution in [0.15, 0.2) is 24.3 Å². The largest absolute Gasteiger partial charge is 0.378 e. The summed E-state index contributed by atoms with van der Waals surface area (Å²) < 4.78 is 22.7. The zero-order valence-electron chi connectivity index (χ0n) is 11.8. The zero-order chi connectivity index (χ0) is 14.8. The van der Waals surface area contributed by atoms with E-state index >= 15 is 0 Å². The molecule has 1 N–H and O–H groups in total. The van der Waals surface area contributed by atoms with E-state index in [9.17, 15) is 13.2 Å². The highest BCUT2D eigenvalue weighted by molar-refractivity contribution is 7.91. The van der Waals surface area contributed by atoms with Crippen molar-refractivity contribution >= 4 is 21.4 Å². The molecule has 6 heteroatoms. The molecule has 0 aliphatic carbocycles. The molecule has 1 aromatic rings. The Bertz CT molecular complexity index is 579. The van der Waals surface area contributed by atoms with Crippen LogP contribution < -0.4 is 10.2 Å². The molecule has 20 heavy (non-hydrogen) atoms. The van der Waals surface area contributed by atoms with Crippen LogP contribution in [0, 0.1) is 5.92 Å². The molecule has 1 saturated heterocycles. The van der Waals surface area contributed by atoms with Gasteiger partial charge in [-0.1, -0.05) is 0 Å². The van der Waals surface area contributed by atoms with Crippen molar-refractivity contribution < 1.29 is 13.2 Å². The first-order valence-electron chi connectivity index (χ1n) is 6.63. The molecule has 2 rings (SSSR count). The molecule has 1 aromatic carbocycles. The molecule has 1 heterocycles. The monoisotopic (exact) mass is 296 g/mol. The molecule has 0 spiro atoms. The fourth-order valence-corrected chi connectivity index (χ4v) is 4.14. The van der Waals surface area contributed by atoms with Gasteiger partial charge in [-0.05, 0) is 36.6 Å². The predicted octanol–water partition coefficient (Wildman–Crippen LogP) is 0.917. The Labute approximate surface area is 119 Å². The number of nitrogens with one attached hydrogen (secondary N) is 1. The highest BCUT2D eigenvalue weighted by Crippen LogP contribution is 2.17. The molecule has 1 unspecified atom stereocenters. The van der Waals surface area contributed by atoms with E-state index < -0.39 is 9.84 Å². The number of benzene rings is 1. The highest BCUT2D eigenvalue weighted by Gasteiger charge is 2.27. The summed E-state index contributed by atoms with van der Waals surface area (Å²) >= 11 is 0. The maximum absolute atomic E-state index is 12.0. The molecular formula is C14H20N2O3S. The van der Waals surface area contributed by atoms with Gasteiger partial charge in [-0.25, -0.2) is 8.42 Å². The Balaban J connectivity index is 1.89. The lowest BCUT2D eigenvalue weighted by Crippen LogP contribution is -2.29. The molecular weight excluding hydrogens is 276 g/mol. The molecule has 1 aliphatic heterocycles. The predicted molar refractivity (Wildman–Crippen MR) is 79.9 cm³/mol. The maximum atomic E-state index is 12.0. The van der Waals surface area contributed by atoms with Crippen molar-refractivity contribution in [3.63, 3.8) is 0 Å². The number of hydrogen-bond donors (Lipinski definition) is 1. The minimum atomic E-state index is -2.88. The van der Waals surface area contributed by atoms with E-state index in [1.807, 2.05) is 31.1 Å². The molecule has 1 amide bonds. The molecule has 5 nitrogen and oxygen atoms in total. The van der Waals surface area contributed by atoms with Gasteiger partial charge in [0.15, 0.2) is 9.84 Å². The van der Waals surface area contributed by atoms with Gasteiger partial charge < -0.3 is 10.2 Å².